The fourth-order valence-corrected chi connectivity index (χ4v) is 2.91. The summed E-state index contributed by atoms with van der Waals surface area (Å²) in [5.41, 5.74) is 1.04. The van der Waals surface area contributed by atoms with Gasteiger partial charge in [0.15, 0.2) is 0 Å². The van der Waals surface area contributed by atoms with Crippen molar-refractivity contribution in [2.45, 2.75) is 37.8 Å². The predicted octanol–water partition coefficient (Wildman–Crippen LogP) is 1.49. The Morgan fingerprint density at radius 2 is 1.96 bits per heavy atom. The summed E-state index contributed by atoms with van der Waals surface area (Å²) in [6.45, 7) is 0.643. The zero-order valence-electron chi connectivity index (χ0n) is 13.7. The Morgan fingerprint density at radius 3 is 2.64 bits per heavy atom. The van der Waals surface area contributed by atoms with Crippen molar-refractivity contribution in [2.24, 2.45) is 0 Å². The fraction of sp³-hybridized carbons (Fsp3) is 0.471. The number of benzene rings is 1. The molecule has 8 heteroatoms. The van der Waals surface area contributed by atoms with E-state index in [-0.39, 0.29) is 36.8 Å². The first kappa shape index (κ1) is 19.2. The van der Waals surface area contributed by atoms with Gasteiger partial charge in [0.1, 0.15) is 6.04 Å². The van der Waals surface area contributed by atoms with Gasteiger partial charge in [-0.05, 0) is 50.4 Å². The van der Waals surface area contributed by atoms with Gasteiger partial charge in [-0.25, -0.2) is 0 Å². The van der Waals surface area contributed by atoms with Crippen molar-refractivity contribution in [1.29, 1.82) is 0 Å². The lowest BCUT2D eigenvalue weighted by molar-refractivity contribution is -0.142. The average Bonchev–Trinajstić information content (AvgIpc) is 3.23. The van der Waals surface area contributed by atoms with Gasteiger partial charge in [-0.2, -0.15) is 0 Å². The smallest absolute Gasteiger partial charge is 0.320 e. The first-order valence-electron chi connectivity index (χ1n) is 8.20. The number of carboxylic acid groups (broad SMARTS) is 1. The number of carboxylic acids is 1. The number of nitrogens with one attached hydrogen (secondary N) is 2. The van der Waals surface area contributed by atoms with E-state index in [1.54, 1.807) is 29.2 Å². The van der Waals surface area contributed by atoms with Crippen LogP contribution < -0.4 is 10.6 Å². The van der Waals surface area contributed by atoms with Crippen molar-refractivity contribution in [3.05, 3.63) is 29.8 Å². The number of carbonyl (C=O) groups is 3. The molecule has 1 saturated carbocycles. The zero-order chi connectivity index (χ0) is 17.1. The van der Waals surface area contributed by atoms with E-state index in [0.29, 0.717) is 24.2 Å². The van der Waals surface area contributed by atoms with Crippen LogP contribution in [0.2, 0.25) is 0 Å². The maximum absolute atomic E-state index is 12.2. The minimum Gasteiger partial charge on any atom is -0.480 e. The third-order valence-electron chi connectivity index (χ3n) is 4.32. The molecule has 7 nitrogen and oxygen atoms in total. The molecule has 1 aliphatic heterocycles. The van der Waals surface area contributed by atoms with Gasteiger partial charge in [0.05, 0.1) is 6.54 Å². The molecule has 0 bridgehead atoms. The van der Waals surface area contributed by atoms with Crippen LogP contribution in [0.15, 0.2) is 24.3 Å². The standard InChI is InChI=1S/C17H21N3O4.ClH/c21-15(10-20-8-2-5-14(20)17(23)24)18-13-4-1-3-11(9-13)16(22)19-12-6-7-12;/h1,3-4,9,12,14H,2,5-8,10H2,(H,18,21)(H,19,22)(H,23,24);1H/t14-;/m0./s1. The van der Waals surface area contributed by atoms with E-state index in [0.717, 1.165) is 19.3 Å². The quantitative estimate of drug-likeness (QED) is 0.707. The second-order valence-corrected chi connectivity index (χ2v) is 6.34. The van der Waals surface area contributed by atoms with Crippen LogP contribution in [0, 0.1) is 0 Å². The number of carbonyl (C=O) groups excluding carboxylic acids is 2. The molecule has 1 saturated heterocycles. The Morgan fingerprint density at radius 1 is 1.20 bits per heavy atom. The molecule has 1 heterocycles. The van der Waals surface area contributed by atoms with E-state index >= 15 is 0 Å². The van der Waals surface area contributed by atoms with E-state index in [4.69, 9.17) is 5.11 Å². The summed E-state index contributed by atoms with van der Waals surface area (Å²) in [5, 5.41) is 14.8. The van der Waals surface area contributed by atoms with Crippen LogP contribution in [0.5, 0.6) is 0 Å². The molecule has 1 aromatic carbocycles. The number of likely N-dealkylation sites (tertiary alicyclic amines) is 1. The lowest BCUT2D eigenvalue weighted by atomic mass is 10.2. The SMILES string of the molecule is Cl.O=C(CN1CCC[C@H]1C(=O)O)Nc1cccc(C(=O)NC2CC2)c1. The summed E-state index contributed by atoms with van der Waals surface area (Å²) < 4.78 is 0. The number of hydrogen-bond donors (Lipinski definition) is 3. The molecule has 3 rings (SSSR count). The Bertz CT molecular complexity index is 663. The average molecular weight is 368 g/mol. The highest BCUT2D eigenvalue weighted by molar-refractivity contribution is 5.98. The second-order valence-electron chi connectivity index (χ2n) is 6.34. The molecule has 0 aromatic heterocycles. The normalized spacial score (nSPS) is 19.8. The molecule has 0 unspecified atom stereocenters. The molecule has 1 aliphatic carbocycles. The van der Waals surface area contributed by atoms with Crippen LogP contribution in [0.4, 0.5) is 5.69 Å². The van der Waals surface area contributed by atoms with Crippen molar-refractivity contribution >= 4 is 35.9 Å². The molecule has 2 aliphatic rings. The molecule has 0 radical (unpaired) electrons. The van der Waals surface area contributed by atoms with Crippen LogP contribution >= 0.6 is 12.4 Å². The largest absolute Gasteiger partial charge is 0.480 e. The van der Waals surface area contributed by atoms with Gasteiger partial charge in [-0.1, -0.05) is 6.07 Å². The van der Waals surface area contributed by atoms with Crippen LogP contribution in [0.1, 0.15) is 36.0 Å². The number of rotatable bonds is 6. The summed E-state index contributed by atoms with van der Waals surface area (Å²) in [4.78, 5) is 37.0. The van der Waals surface area contributed by atoms with Crippen molar-refractivity contribution in [3.8, 4) is 0 Å². The number of anilines is 1. The van der Waals surface area contributed by atoms with E-state index in [2.05, 4.69) is 10.6 Å². The maximum Gasteiger partial charge on any atom is 0.320 e. The number of nitrogens with zero attached hydrogens (tertiary/aromatic N) is 1. The Kier molecular flexibility index (Phi) is 6.39. The highest BCUT2D eigenvalue weighted by Crippen LogP contribution is 2.20. The highest BCUT2D eigenvalue weighted by Gasteiger charge is 2.31. The number of aliphatic carboxylic acids is 1. The van der Waals surface area contributed by atoms with E-state index in [9.17, 15) is 14.4 Å². The molecular formula is C17H22ClN3O4. The molecule has 25 heavy (non-hydrogen) atoms. The van der Waals surface area contributed by atoms with Crippen molar-refractivity contribution in [1.82, 2.24) is 10.2 Å². The number of hydrogen-bond acceptors (Lipinski definition) is 4. The maximum atomic E-state index is 12.2. The third kappa shape index (κ3) is 5.17. The first-order valence-corrected chi connectivity index (χ1v) is 8.20. The molecule has 2 amide bonds. The molecule has 1 atom stereocenters. The van der Waals surface area contributed by atoms with E-state index in [1.165, 1.54) is 0 Å². The van der Waals surface area contributed by atoms with Gasteiger partial charge >= 0.3 is 5.97 Å². The fourth-order valence-electron chi connectivity index (χ4n) is 2.91. The highest BCUT2D eigenvalue weighted by atomic mass is 35.5. The molecule has 2 fully saturated rings. The van der Waals surface area contributed by atoms with Gasteiger partial charge < -0.3 is 15.7 Å². The Labute approximate surface area is 152 Å². The predicted molar refractivity (Wildman–Crippen MR) is 95.0 cm³/mol. The first-order chi connectivity index (χ1) is 11.5. The molecule has 0 spiro atoms. The molecular weight excluding hydrogens is 346 g/mol. The molecule has 1 aromatic rings. The van der Waals surface area contributed by atoms with Gasteiger partial charge in [-0.15, -0.1) is 12.4 Å². The number of halogens is 1. The Hall–Kier alpha value is -2.12. The van der Waals surface area contributed by atoms with Crippen LogP contribution in [-0.2, 0) is 9.59 Å². The monoisotopic (exact) mass is 367 g/mol. The third-order valence-corrected chi connectivity index (χ3v) is 4.32. The van der Waals surface area contributed by atoms with Crippen LogP contribution in [-0.4, -0.2) is 53.0 Å². The van der Waals surface area contributed by atoms with Crippen molar-refractivity contribution in [3.63, 3.8) is 0 Å². The van der Waals surface area contributed by atoms with Gasteiger partial charge in [0, 0.05) is 17.3 Å². The summed E-state index contributed by atoms with van der Waals surface area (Å²) in [5.74, 6) is -1.30. The van der Waals surface area contributed by atoms with Crippen molar-refractivity contribution in [2.75, 3.05) is 18.4 Å². The summed E-state index contributed by atoms with van der Waals surface area (Å²) in [6.07, 6.45) is 3.38. The molecule has 136 valence electrons. The van der Waals surface area contributed by atoms with Gasteiger partial charge in [0.2, 0.25) is 5.91 Å². The topological polar surface area (TPSA) is 98.7 Å². The molecule has 3 N–H and O–H groups in total. The summed E-state index contributed by atoms with van der Waals surface area (Å²) in [6, 6.07) is 6.45. The Balaban J connectivity index is 0.00000225. The van der Waals surface area contributed by atoms with Crippen LogP contribution in [0.3, 0.4) is 0 Å². The lowest BCUT2D eigenvalue weighted by Gasteiger charge is -2.20. The van der Waals surface area contributed by atoms with Crippen molar-refractivity contribution < 1.29 is 19.5 Å². The lowest BCUT2D eigenvalue weighted by Crippen LogP contribution is -2.40. The summed E-state index contributed by atoms with van der Waals surface area (Å²) >= 11 is 0. The summed E-state index contributed by atoms with van der Waals surface area (Å²) in [7, 11) is 0. The second kappa shape index (κ2) is 8.31. The van der Waals surface area contributed by atoms with Gasteiger partial charge in [-0.3, -0.25) is 19.3 Å². The van der Waals surface area contributed by atoms with Gasteiger partial charge in [0.25, 0.3) is 5.91 Å². The van der Waals surface area contributed by atoms with Crippen LogP contribution in [0.25, 0.3) is 0 Å². The minimum atomic E-state index is -0.890. The zero-order valence-corrected chi connectivity index (χ0v) is 14.6. The number of amides is 2. The van der Waals surface area contributed by atoms with E-state index < -0.39 is 12.0 Å². The van der Waals surface area contributed by atoms with E-state index in [1.807, 2.05) is 0 Å². The minimum absolute atomic E-state index is 0.